The SMILES string of the molecule is COCNc1nc2c(ncn2[C@H]2C[C@@H](O)C(COP(=O)(O)O[C@@H]3C[C@H](n4cnc(N)nc4=O)OC3CO)O2)c(=O)[nH]1. The normalized spacial score (nSPS) is 27.8. The van der Waals surface area contributed by atoms with Gasteiger partial charge in [-0.2, -0.15) is 9.97 Å². The number of H-pyrrole nitrogens is 1. The fraction of sp³-hybridized carbons (Fsp3) is 0.600. The van der Waals surface area contributed by atoms with Gasteiger partial charge in [0.1, 0.15) is 43.8 Å². The number of aromatic nitrogens is 7. The Morgan fingerprint density at radius 3 is 2.63 bits per heavy atom. The van der Waals surface area contributed by atoms with E-state index in [1.54, 1.807) is 0 Å². The second-order valence-corrected chi connectivity index (χ2v) is 10.5. The molecule has 2 saturated heterocycles. The summed E-state index contributed by atoms with van der Waals surface area (Å²) in [5, 5.41) is 23.0. The Morgan fingerprint density at radius 2 is 1.90 bits per heavy atom. The van der Waals surface area contributed by atoms with Crippen molar-refractivity contribution >= 4 is 30.9 Å². The Balaban J connectivity index is 1.22. The van der Waals surface area contributed by atoms with Crippen LogP contribution >= 0.6 is 7.82 Å². The van der Waals surface area contributed by atoms with Crippen molar-refractivity contribution in [1.29, 1.82) is 0 Å². The third-order valence-corrected chi connectivity index (χ3v) is 7.43. The molecule has 0 spiro atoms. The second kappa shape index (κ2) is 11.9. The molecule has 5 rings (SSSR count). The van der Waals surface area contributed by atoms with E-state index in [1.165, 1.54) is 18.0 Å². The average Bonchev–Trinajstić information content (AvgIpc) is 3.62. The maximum atomic E-state index is 12.7. The number of methoxy groups -OCH3 is 1. The highest BCUT2D eigenvalue weighted by molar-refractivity contribution is 7.47. The molecule has 224 valence electrons. The Labute approximate surface area is 229 Å². The van der Waals surface area contributed by atoms with Gasteiger partial charge < -0.3 is 40.4 Å². The van der Waals surface area contributed by atoms with Crippen molar-refractivity contribution < 1.29 is 42.9 Å². The van der Waals surface area contributed by atoms with E-state index in [2.05, 4.69) is 30.2 Å². The van der Waals surface area contributed by atoms with E-state index in [-0.39, 0.29) is 42.6 Å². The van der Waals surface area contributed by atoms with Crippen LogP contribution in [-0.4, -0.2) is 101 Å². The van der Waals surface area contributed by atoms with Gasteiger partial charge in [-0.3, -0.25) is 28.0 Å². The van der Waals surface area contributed by atoms with Crippen LogP contribution in [0.5, 0.6) is 0 Å². The van der Waals surface area contributed by atoms with Gasteiger partial charge in [0, 0.05) is 20.0 Å². The van der Waals surface area contributed by atoms with E-state index in [9.17, 15) is 29.3 Å². The minimum Gasteiger partial charge on any atom is -0.394 e. The van der Waals surface area contributed by atoms with Crippen molar-refractivity contribution in [3.8, 4) is 0 Å². The molecule has 0 aromatic carbocycles. The van der Waals surface area contributed by atoms with Crippen LogP contribution in [0.1, 0.15) is 25.3 Å². The lowest BCUT2D eigenvalue weighted by molar-refractivity contribution is -0.0565. The molecule has 2 aliphatic heterocycles. The molecule has 2 fully saturated rings. The number of hydrogen-bond acceptors (Lipinski definition) is 16. The van der Waals surface area contributed by atoms with Crippen molar-refractivity contribution in [3.05, 3.63) is 33.5 Å². The van der Waals surface area contributed by atoms with Gasteiger partial charge in [0.2, 0.25) is 11.9 Å². The highest BCUT2D eigenvalue weighted by Crippen LogP contribution is 2.49. The maximum Gasteiger partial charge on any atom is 0.472 e. The van der Waals surface area contributed by atoms with Crippen LogP contribution in [0.25, 0.3) is 11.2 Å². The lowest BCUT2D eigenvalue weighted by Crippen LogP contribution is -2.29. The van der Waals surface area contributed by atoms with E-state index in [0.717, 1.165) is 10.9 Å². The van der Waals surface area contributed by atoms with Crippen LogP contribution in [0.3, 0.4) is 0 Å². The molecule has 3 aromatic rings. The third-order valence-electron chi connectivity index (χ3n) is 6.42. The molecule has 0 amide bonds. The number of anilines is 2. The number of nitrogens with two attached hydrogens (primary N) is 1. The number of ether oxygens (including phenoxy) is 3. The zero-order chi connectivity index (χ0) is 29.3. The number of phosphoric acid groups is 1. The number of hydrogen-bond donors (Lipinski definition) is 6. The van der Waals surface area contributed by atoms with Crippen molar-refractivity contribution in [3.63, 3.8) is 0 Å². The quantitative estimate of drug-likeness (QED) is 0.100. The molecule has 3 unspecified atom stereocenters. The van der Waals surface area contributed by atoms with E-state index in [4.69, 9.17) is 29.0 Å². The summed E-state index contributed by atoms with van der Waals surface area (Å²) in [5.74, 6) is -0.103. The molecule has 0 aliphatic carbocycles. The Bertz CT molecular complexity index is 1550. The molecule has 2 aliphatic rings. The lowest BCUT2D eigenvalue weighted by Gasteiger charge is -2.21. The number of aliphatic hydroxyl groups excluding tert-OH is 2. The number of nitrogens with zero attached hydrogens (tertiary/aromatic N) is 6. The summed E-state index contributed by atoms with van der Waals surface area (Å²) in [6.45, 7) is -1.04. The van der Waals surface area contributed by atoms with Gasteiger partial charge in [0.05, 0.1) is 25.6 Å². The molecule has 21 heteroatoms. The van der Waals surface area contributed by atoms with Crippen molar-refractivity contribution in [2.75, 3.05) is 38.1 Å². The Kier molecular flexibility index (Phi) is 8.45. The first-order valence-corrected chi connectivity index (χ1v) is 13.7. The standard InChI is InChI=1S/C20H28N9O11P/c1-36-8-24-19-25-16-15(17(32)26-19)22-6-28(16)13-2-9(31)12(39-13)5-37-41(34,35)40-10-3-14(38-11(10)4-30)29-7-23-18(21)27-20(29)33/h6-7,9-14,30-31H,2-5,8H2,1H3,(H,34,35)(H2,21,27,33)(H2,24,25,26,32)/t9-,10-,11?,12?,13-,14-/m1/s1. The topological polar surface area (TPSA) is 273 Å². The van der Waals surface area contributed by atoms with Crippen LogP contribution in [0, 0.1) is 0 Å². The largest absolute Gasteiger partial charge is 0.472 e. The molecule has 0 saturated carbocycles. The summed E-state index contributed by atoms with van der Waals surface area (Å²) < 4.78 is 41.8. The number of nitrogens with one attached hydrogen (secondary N) is 2. The zero-order valence-corrected chi connectivity index (χ0v) is 22.4. The lowest BCUT2D eigenvalue weighted by atomic mass is 10.2. The van der Waals surface area contributed by atoms with E-state index < -0.39 is 69.2 Å². The highest BCUT2D eigenvalue weighted by Gasteiger charge is 2.43. The highest BCUT2D eigenvalue weighted by atomic mass is 31.2. The molecular weight excluding hydrogens is 573 g/mol. The summed E-state index contributed by atoms with van der Waals surface area (Å²) in [4.78, 5) is 52.9. The molecular formula is C20H28N9O11P. The number of nitrogen functional groups attached to an aromatic ring is 1. The summed E-state index contributed by atoms with van der Waals surface area (Å²) in [6.07, 6.45) is -3.85. The number of phosphoric ester groups is 1. The summed E-state index contributed by atoms with van der Waals surface area (Å²) in [5.41, 5.74) is 4.34. The monoisotopic (exact) mass is 601 g/mol. The number of aliphatic hydroxyl groups is 2. The van der Waals surface area contributed by atoms with Crippen LogP contribution < -0.4 is 22.3 Å². The van der Waals surface area contributed by atoms with E-state index >= 15 is 0 Å². The van der Waals surface area contributed by atoms with Crippen molar-refractivity contribution in [2.24, 2.45) is 0 Å². The third kappa shape index (κ3) is 6.30. The zero-order valence-electron chi connectivity index (χ0n) is 21.5. The number of rotatable bonds is 11. The molecule has 3 aromatic heterocycles. The summed E-state index contributed by atoms with van der Waals surface area (Å²) in [6, 6.07) is 0. The van der Waals surface area contributed by atoms with Gasteiger partial charge in [-0.1, -0.05) is 0 Å². The number of aromatic amines is 1. The Hall–Kier alpha value is -3.33. The van der Waals surface area contributed by atoms with Crippen LogP contribution in [0.4, 0.5) is 11.9 Å². The van der Waals surface area contributed by atoms with Crippen LogP contribution in [0.2, 0.25) is 0 Å². The maximum absolute atomic E-state index is 12.7. The van der Waals surface area contributed by atoms with Crippen LogP contribution in [0.15, 0.2) is 22.2 Å². The Morgan fingerprint density at radius 1 is 1.17 bits per heavy atom. The molecule has 5 heterocycles. The minimum absolute atomic E-state index is 0.0362. The van der Waals surface area contributed by atoms with Gasteiger partial charge in [0.25, 0.3) is 5.56 Å². The first-order chi connectivity index (χ1) is 19.6. The fourth-order valence-corrected chi connectivity index (χ4v) is 5.43. The summed E-state index contributed by atoms with van der Waals surface area (Å²) >= 11 is 0. The van der Waals surface area contributed by atoms with Gasteiger partial charge in [-0.05, 0) is 0 Å². The van der Waals surface area contributed by atoms with Crippen molar-refractivity contribution in [1.82, 2.24) is 34.1 Å². The summed E-state index contributed by atoms with van der Waals surface area (Å²) in [7, 11) is -3.31. The average molecular weight is 601 g/mol. The molecule has 0 radical (unpaired) electrons. The second-order valence-electron chi connectivity index (χ2n) is 9.14. The van der Waals surface area contributed by atoms with Gasteiger partial charge in [-0.15, -0.1) is 0 Å². The van der Waals surface area contributed by atoms with Crippen LogP contribution in [-0.2, 0) is 27.8 Å². The predicted octanol–water partition coefficient (Wildman–Crippen LogP) is -2.20. The van der Waals surface area contributed by atoms with Gasteiger partial charge in [-0.25, -0.2) is 19.3 Å². The van der Waals surface area contributed by atoms with E-state index in [0.29, 0.717) is 0 Å². The fourth-order valence-electron chi connectivity index (χ4n) is 4.47. The molecule has 0 bridgehead atoms. The molecule has 7 N–H and O–H groups in total. The molecule has 20 nitrogen and oxygen atoms in total. The van der Waals surface area contributed by atoms with Crippen molar-refractivity contribution in [2.45, 2.75) is 49.7 Å². The number of imidazole rings is 1. The molecule has 41 heavy (non-hydrogen) atoms. The van der Waals surface area contributed by atoms with Gasteiger partial charge >= 0.3 is 13.5 Å². The van der Waals surface area contributed by atoms with E-state index in [1.807, 2.05) is 0 Å². The smallest absolute Gasteiger partial charge is 0.394 e. The first kappa shape index (κ1) is 29.2. The van der Waals surface area contributed by atoms with Gasteiger partial charge in [0.15, 0.2) is 11.2 Å². The first-order valence-electron chi connectivity index (χ1n) is 12.2. The molecule has 7 atom stereocenters. The number of fused-ring (bicyclic) bond motifs is 1. The predicted molar refractivity (Wildman–Crippen MR) is 135 cm³/mol. The minimum atomic E-state index is -4.77.